The van der Waals surface area contributed by atoms with E-state index in [9.17, 15) is 9.59 Å². The molecule has 0 spiro atoms. The lowest BCUT2D eigenvalue weighted by Crippen LogP contribution is -2.22. The lowest BCUT2D eigenvalue weighted by atomic mass is 10.1. The van der Waals surface area contributed by atoms with Crippen LogP contribution in [0.15, 0.2) is 193 Å². The normalized spacial score (nSPS) is 12.0. The van der Waals surface area contributed by atoms with Crippen molar-refractivity contribution < 1.29 is 34.0 Å². The van der Waals surface area contributed by atoms with Crippen LogP contribution >= 0.6 is 0 Å². The number of benzene rings is 7. The molecule has 2 N–H and O–H groups in total. The van der Waals surface area contributed by atoms with Crippen LogP contribution in [0.1, 0.15) is 47.6 Å². The van der Waals surface area contributed by atoms with E-state index in [-0.39, 0.29) is 11.1 Å². The predicted molar refractivity (Wildman–Crippen MR) is 300 cm³/mol. The van der Waals surface area contributed by atoms with Gasteiger partial charge in [-0.05, 0) is 110 Å². The Morgan fingerprint density at radius 2 is 0.908 bits per heavy atom. The van der Waals surface area contributed by atoms with Crippen LogP contribution in [-0.4, -0.2) is 56.6 Å². The Hall–Kier alpha value is -10.0. The first-order valence-electron chi connectivity index (χ1n) is 24.3. The number of anilines is 5. The van der Waals surface area contributed by atoms with Gasteiger partial charge in [-0.1, -0.05) is 97.1 Å². The lowest BCUT2D eigenvalue weighted by Gasteiger charge is -2.26. The van der Waals surface area contributed by atoms with E-state index in [1.54, 1.807) is 38.3 Å². The molecule has 0 radical (unpaired) electrons. The van der Waals surface area contributed by atoms with Gasteiger partial charge < -0.3 is 39.1 Å². The monoisotopic (exact) mass is 1010 g/mol. The van der Waals surface area contributed by atoms with Crippen LogP contribution in [0.25, 0.3) is 18.2 Å². The number of carboxylic acids is 2. The second-order valence-corrected chi connectivity index (χ2v) is 17.2. The number of methoxy groups -OCH3 is 3. The largest absolute Gasteiger partial charge is 0.496 e. The number of hydrogen-bond acceptors (Lipinski definition) is 11. The third-order valence-electron chi connectivity index (χ3n) is 12.1. The maximum absolute atomic E-state index is 11.1. The van der Waals surface area contributed by atoms with Crippen LogP contribution in [0, 0.1) is 34.0 Å². The van der Waals surface area contributed by atoms with Gasteiger partial charge in [-0.25, -0.2) is 9.59 Å². The summed E-state index contributed by atoms with van der Waals surface area (Å²) in [6.07, 6.45) is 6.85. The molecule has 0 saturated carbocycles. The van der Waals surface area contributed by atoms with E-state index >= 15 is 0 Å². The van der Waals surface area contributed by atoms with Gasteiger partial charge in [0.25, 0.3) is 0 Å². The van der Waals surface area contributed by atoms with Crippen LogP contribution < -0.4 is 28.9 Å². The molecule has 382 valence electrons. The number of carboxylic acid groups (broad SMARTS) is 2. The van der Waals surface area contributed by atoms with Crippen molar-refractivity contribution in [2.24, 2.45) is 0 Å². The maximum atomic E-state index is 11.1. The molecule has 8 rings (SSSR count). The molecule has 7 aromatic carbocycles. The summed E-state index contributed by atoms with van der Waals surface area (Å²) in [6.45, 7) is 5.44. The summed E-state index contributed by atoms with van der Waals surface area (Å²) in [5.41, 5.74) is 9.45. The molecule has 0 aromatic heterocycles. The second-order valence-electron chi connectivity index (χ2n) is 17.2. The highest BCUT2D eigenvalue weighted by atomic mass is 16.5. The average molecular weight is 1010 g/mol. The quantitative estimate of drug-likeness (QED) is 0.0649. The minimum Gasteiger partial charge on any atom is -0.496 e. The van der Waals surface area contributed by atoms with Gasteiger partial charge in [0.1, 0.15) is 40.5 Å². The van der Waals surface area contributed by atoms with Crippen molar-refractivity contribution >= 4 is 58.6 Å². The molecule has 0 bridgehead atoms. The molecule has 13 heteroatoms. The number of aliphatic carboxylic acids is 2. The standard InChI is InChI=1S/C25H24N2O.C23H18N2O3.C15H16N2O3/c1-20(17-26)15-23-13-14-24(16-25(23)28-2)27(18-21-9-5-3-6-10-21)19-22-11-7-4-8-12-22;1-28-22-15-21(13-12-17(22)14-18(16-24)23(26)27)25(19-8-4-2-5-9-19)20-10-6-3-7-11-20;1-20-14-9-13(17-6-2-3-7-17)5-4-11(14)8-12(10-16)15(18)19/h3-16H,18-19H2,1-2H3;2-15H,1H3,(H,26,27);4-5,8-9H,2-3,6-7H2,1H3,(H,18,19)/b20-15-;18-14+;12-8+. The zero-order valence-corrected chi connectivity index (χ0v) is 42.8. The van der Waals surface area contributed by atoms with Crippen molar-refractivity contribution in [1.29, 1.82) is 15.8 Å². The summed E-state index contributed by atoms with van der Waals surface area (Å²) in [7, 11) is 4.71. The summed E-state index contributed by atoms with van der Waals surface area (Å²) in [5, 5.41) is 44.9. The van der Waals surface area contributed by atoms with Crippen LogP contribution in [-0.2, 0) is 22.7 Å². The fourth-order valence-corrected chi connectivity index (χ4v) is 8.27. The molecule has 0 unspecified atom stereocenters. The number of nitrogens with zero attached hydrogens (tertiary/aromatic N) is 6. The highest BCUT2D eigenvalue weighted by Gasteiger charge is 2.18. The molecule has 0 atom stereocenters. The van der Waals surface area contributed by atoms with E-state index in [2.05, 4.69) is 75.4 Å². The lowest BCUT2D eigenvalue weighted by molar-refractivity contribution is -0.133. The van der Waals surface area contributed by atoms with Gasteiger partial charge in [-0.3, -0.25) is 0 Å². The molecule has 1 saturated heterocycles. The van der Waals surface area contributed by atoms with E-state index in [1.807, 2.05) is 115 Å². The Balaban J connectivity index is 0.000000188. The fraction of sp³-hybridized carbons (Fsp3) is 0.159. The number of ether oxygens (including phenoxy) is 3. The van der Waals surface area contributed by atoms with Crippen molar-refractivity contribution in [2.75, 3.05) is 49.1 Å². The van der Waals surface area contributed by atoms with Crippen molar-refractivity contribution in [2.45, 2.75) is 32.9 Å². The maximum Gasteiger partial charge on any atom is 0.346 e. The molecule has 1 aliphatic heterocycles. The first kappa shape index (κ1) is 55.3. The number of allylic oxidation sites excluding steroid dienone is 1. The zero-order chi connectivity index (χ0) is 54.2. The SMILES string of the molecule is COc1cc(N(Cc2ccccc2)Cc2ccccc2)ccc1/C=C(/C)C#N.COc1cc(N(c2ccccc2)c2ccccc2)ccc1/C=C(\C#N)C(=O)O.COc1cc(N2CCCC2)ccc1/C=C(\C#N)C(=O)O. The van der Waals surface area contributed by atoms with Gasteiger partial charge in [-0.15, -0.1) is 0 Å². The average Bonchev–Trinajstić information content (AvgIpc) is 4.01. The van der Waals surface area contributed by atoms with Crippen molar-refractivity contribution in [1.82, 2.24) is 0 Å². The van der Waals surface area contributed by atoms with E-state index in [0.717, 1.165) is 65.9 Å². The van der Waals surface area contributed by atoms with E-state index in [1.165, 1.54) is 50.3 Å². The van der Waals surface area contributed by atoms with Gasteiger partial charge >= 0.3 is 11.9 Å². The third-order valence-corrected chi connectivity index (χ3v) is 12.1. The molecular formula is C63H58N6O7. The molecule has 0 aliphatic carbocycles. The van der Waals surface area contributed by atoms with Crippen LogP contribution in [0.5, 0.6) is 17.2 Å². The first-order valence-corrected chi connectivity index (χ1v) is 24.3. The van der Waals surface area contributed by atoms with Crippen LogP contribution in [0.4, 0.5) is 28.4 Å². The van der Waals surface area contributed by atoms with E-state index in [0.29, 0.717) is 28.2 Å². The number of rotatable bonds is 17. The summed E-state index contributed by atoms with van der Waals surface area (Å²) in [6, 6.07) is 63.4. The molecule has 1 heterocycles. The topological polar surface area (TPSA) is 183 Å². The minimum absolute atomic E-state index is 0.308. The molecular weight excluding hydrogens is 953 g/mol. The van der Waals surface area contributed by atoms with Crippen molar-refractivity contribution in [3.8, 4) is 35.5 Å². The Labute approximate surface area is 444 Å². The van der Waals surface area contributed by atoms with Gasteiger partial charge in [-0.2, -0.15) is 15.8 Å². The van der Waals surface area contributed by atoms with Gasteiger partial charge in [0, 0.05) is 95.1 Å². The Bertz CT molecular complexity index is 3200. The highest BCUT2D eigenvalue weighted by molar-refractivity contribution is 5.97. The first-order chi connectivity index (χ1) is 37.0. The fourth-order valence-electron chi connectivity index (χ4n) is 8.27. The van der Waals surface area contributed by atoms with Crippen LogP contribution in [0.3, 0.4) is 0 Å². The van der Waals surface area contributed by atoms with E-state index in [4.69, 9.17) is 40.2 Å². The molecule has 76 heavy (non-hydrogen) atoms. The summed E-state index contributed by atoms with van der Waals surface area (Å²) >= 11 is 0. The summed E-state index contributed by atoms with van der Waals surface area (Å²) < 4.78 is 16.4. The Kier molecular flexibility index (Phi) is 20.6. The Morgan fingerprint density at radius 1 is 0.513 bits per heavy atom. The van der Waals surface area contributed by atoms with Gasteiger partial charge in [0.05, 0.1) is 27.4 Å². The number of hydrogen-bond donors (Lipinski definition) is 2. The number of para-hydroxylation sites is 2. The van der Waals surface area contributed by atoms with Crippen molar-refractivity contribution in [3.63, 3.8) is 0 Å². The van der Waals surface area contributed by atoms with Crippen molar-refractivity contribution in [3.05, 3.63) is 220 Å². The Morgan fingerprint density at radius 3 is 1.33 bits per heavy atom. The van der Waals surface area contributed by atoms with Gasteiger partial charge in [0.15, 0.2) is 0 Å². The second kappa shape index (κ2) is 28.3. The molecule has 7 aromatic rings. The number of carbonyl (C=O) groups is 2. The summed E-state index contributed by atoms with van der Waals surface area (Å²) in [5.74, 6) is -0.702. The summed E-state index contributed by atoms with van der Waals surface area (Å²) in [4.78, 5) is 28.7. The molecule has 13 nitrogen and oxygen atoms in total. The third kappa shape index (κ3) is 15.5. The number of nitriles is 3. The van der Waals surface area contributed by atoms with Crippen LogP contribution in [0.2, 0.25) is 0 Å². The molecule has 0 amide bonds. The zero-order valence-electron chi connectivity index (χ0n) is 42.8. The highest BCUT2D eigenvalue weighted by Crippen LogP contribution is 2.38. The minimum atomic E-state index is -1.27. The van der Waals surface area contributed by atoms with E-state index < -0.39 is 11.9 Å². The predicted octanol–water partition coefficient (Wildman–Crippen LogP) is 13.3. The smallest absolute Gasteiger partial charge is 0.346 e. The molecule has 1 aliphatic rings. The molecule has 1 fully saturated rings. The van der Waals surface area contributed by atoms with Gasteiger partial charge in [0.2, 0.25) is 0 Å².